The van der Waals surface area contributed by atoms with Crippen LogP contribution in [0, 0.1) is 11.8 Å². The number of nitrogens with zero attached hydrogens (tertiary/aromatic N) is 2. The highest BCUT2D eigenvalue weighted by Crippen LogP contribution is 2.35. The van der Waals surface area contributed by atoms with E-state index < -0.39 is 0 Å². The van der Waals surface area contributed by atoms with E-state index in [1.54, 1.807) is 17.0 Å². The van der Waals surface area contributed by atoms with Crippen LogP contribution >= 0.6 is 11.6 Å². The van der Waals surface area contributed by atoms with Crippen molar-refractivity contribution in [3.8, 4) is 0 Å². The second-order valence-corrected chi connectivity index (χ2v) is 7.13. The van der Waals surface area contributed by atoms with Crippen LogP contribution in [0.5, 0.6) is 0 Å². The fraction of sp³-hybridized carbons (Fsp3) is 0.750. The van der Waals surface area contributed by atoms with Crippen LogP contribution in [0.4, 0.5) is 5.82 Å². The normalized spacial score (nSPS) is 26.0. The first-order valence-corrected chi connectivity index (χ1v) is 8.39. The first-order valence-electron chi connectivity index (χ1n) is 7.85. The minimum Gasteiger partial charge on any atom is -0.359 e. The van der Waals surface area contributed by atoms with Crippen molar-refractivity contribution in [2.75, 3.05) is 11.2 Å². The van der Waals surface area contributed by atoms with Crippen LogP contribution in [-0.2, 0) is 6.54 Å². The molecule has 1 saturated carbocycles. The Labute approximate surface area is 131 Å². The summed E-state index contributed by atoms with van der Waals surface area (Å²) < 4.78 is 1.73. The zero-order valence-corrected chi connectivity index (χ0v) is 14.0. The number of alkyl halides is 1. The number of anilines is 1. The average Bonchev–Trinajstić information content (AvgIpc) is 2.43. The monoisotopic (exact) mass is 311 g/mol. The molecule has 21 heavy (non-hydrogen) atoms. The highest BCUT2D eigenvalue weighted by Gasteiger charge is 2.35. The predicted octanol–water partition coefficient (Wildman–Crippen LogP) is 3.50. The van der Waals surface area contributed by atoms with Crippen molar-refractivity contribution >= 4 is 17.4 Å². The first kappa shape index (κ1) is 16.3. The van der Waals surface area contributed by atoms with Crippen molar-refractivity contribution in [2.24, 2.45) is 11.8 Å². The van der Waals surface area contributed by atoms with Gasteiger partial charge in [-0.05, 0) is 24.7 Å². The fourth-order valence-electron chi connectivity index (χ4n) is 3.25. The topological polar surface area (TPSA) is 46.9 Å². The van der Waals surface area contributed by atoms with E-state index >= 15 is 0 Å². The maximum Gasteiger partial charge on any atom is 0.293 e. The van der Waals surface area contributed by atoms with Crippen LogP contribution in [0.3, 0.4) is 0 Å². The first-order chi connectivity index (χ1) is 9.96. The summed E-state index contributed by atoms with van der Waals surface area (Å²) in [4.78, 5) is 16.8. The Hall–Kier alpha value is -1.03. The smallest absolute Gasteiger partial charge is 0.293 e. The van der Waals surface area contributed by atoms with E-state index in [4.69, 9.17) is 11.6 Å². The van der Waals surface area contributed by atoms with Crippen molar-refractivity contribution in [1.82, 2.24) is 9.55 Å². The quantitative estimate of drug-likeness (QED) is 0.847. The number of aromatic nitrogens is 2. The molecule has 118 valence electrons. The molecule has 0 aliphatic heterocycles. The van der Waals surface area contributed by atoms with Gasteiger partial charge in [0.05, 0.1) is 5.54 Å². The van der Waals surface area contributed by atoms with Gasteiger partial charge in [0.25, 0.3) is 5.56 Å². The molecular formula is C16H26ClN3O. The Kier molecular flexibility index (Phi) is 5.31. The highest BCUT2D eigenvalue weighted by molar-refractivity contribution is 6.18. The van der Waals surface area contributed by atoms with E-state index in [1.165, 1.54) is 6.42 Å². The highest BCUT2D eigenvalue weighted by atomic mass is 35.5. The lowest BCUT2D eigenvalue weighted by atomic mass is 9.77. The molecule has 2 rings (SSSR count). The molecule has 1 fully saturated rings. The summed E-state index contributed by atoms with van der Waals surface area (Å²) >= 11 is 6.23. The molecule has 1 aliphatic rings. The zero-order valence-electron chi connectivity index (χ0n) is 13.2. The van der Waals surface area contributed by atoms with E-state index in [9.17, 15) is 4.79 Å². The van der Waals surface area contributed by atoms with Crippen LogP contribution in [0.1, 0.15) is 46.5 Å². The van der Waals surface area contributed by atoms with Crippen molar-refractivity contribution < 1.29 is 0 Å². The zero-order chi connectivity index (χ0) is 15.5. The molecule has 1 aliphatic carbocycles. The Morgan fingerprint density at radius 2 is 2.33 bits per heavy atom. The minimum atomic E-state index is -0.192. The Morgan fingerprint density at radius 1 is 1.57 bits per heavy atom. The third kappa shape index (κ3) is 4.00. The van der Waals surface area contributed by atoms with Crippen LogP contribution in [0.15, 0.2) is 17.2 Å². The second-order valence-electron chi connectivity index (χ2n) is 6.87. The van der Waals surface area contributed by atoms with Crippen molar-refractivity contribution in [1.29, 1.82) is 0 Å². The van der Waals surface area contributed by atoms with Gasteiger partial charge in [0.1, 0.15) is 0 Å². The summed E-state index contributed by atoms with van der Waals surface area (Å²) in [6.07, 6.45) is 7.83. The maximum atomic E-state index is 12.5. The summed E-state index contributed by atoms with van der Waals surface area (Å²) in [5, 5.41) is 3.38. The summed E-state index contributed by atoms with van der Waals surface area (Å²) in [5.74, 6) is 2.01. The molecule has 0 saturated heterocycles. The molecule has 2 unspecified atom stereocenters. The summed E-state index contributed by atoms with van der Waals surface area (Å²) in [6, 6.07) is 0. The maximum absolute atomic E-state index is 12.5. The van der Waals surface area contributed by atoms with E-state index in [-0.39, 0.29) is 11.1 Å². The van der Waals surface area contributed by atoms with Gasteiger partial charge in [0, 0.05) is 24.8 Å². The number of halogens is 1. The van der Waals surface area contributed by atoms with E-state index in [0.717, 1.165) is 19.3 Å². The number of rotatable bonds is 5. The third-order valence-corrected chi connectivity index (χ3v) is 4.72. The molecule has 2 atom stereocenters. The molecule has 1 N–H and O–H groups in total. The average molecular weight is 312 g/mol. The fourth-order valence-corrected chi connectivity index (χ4v) is 3.56. The summed E-state index contributed by atoms with van der Waals surface area (Å²) in [5.41, 5.74) is -0.239. The largest absolute Gasteiger partial charge is 0.359 e. The predicted molar refractivity (Wildman–Crippen MR) is 88.0 cm³/mol. The number of hydrogen-bond donors (Lipinski definition) is 1. The molecule has 0 radical (unpaired) electrons. The molecule has 0 amide bonds. The van der Waals surface area contributed by atoms with Gasteiger partial charge in [0.2, 0.25) is 0 Å². The molecule has 1 aromatic heterocycles. The summed E-state index contributed by atoms with van der Waals surface area (Å²) in [7, 11) is 0. The molecule has 5 heteroatoms. The molecule has 0 aromatic carbocycles. The van der Waals surface area contributed by atoms with Gasteiger partial charge < -0.3 is 9.88 Å². The van der Waals surface area contributed by atoms with Crippen LogP contribution in [-0.4, -0.2) is 21.0 Å². The van der Waals surface area contributed by atoms with Crippen molar-refractivity contribution in [3.63, 3.8) is 0 Å². The van der Waals surface area contributed by atoms with Gasteiger partial charge in [-0.25, -0.2) is 4.98 Å². The Morgan fingerprint density at radius 3 is 2.95 bits per heavy atom. The number of nitrogens with one attached hydrogen (secondary N) is 1. The lowest BCUT2D eigenvalue weighted by Crippen LogP contribution is -2.46. The standard InChI is InChI=1S/C16H26ClN3O/c1-12(2)10-20-8-7-18-14(15(20)21)19-16(11-17)6-4-5-13(3)9-16/h7-8,12-13H,4-6,9-11H2,1-3H3,(H,18,19). The van der Waals surface area contributed by atoms with Gasteiger partial charge in [-0.3, -0.25) is 4.79 Å². The van der Waals surface area contributed by atoms with Crippen molar-refractivity contribution in [2.45, 2.75) is 58.5 Å². The number of hydrogen-bond acceptors (Lipinski definition) is 3. The third-order valence-electron chi connectivity index (χ3n) is 4.21. The SMILES string of the molecule is CC(C)Cn1ccnc(NC2(CCl)CCCC(C)C2)c1=O. The molecule has 1 heterocycles. The molecule has 0 bridgehead atoms. The van der Waals surface area contributed by atoms with Crippen LogP contribution < -0.4 is 10.9 Å². The van der Waals surface area contributed by atoms with E-state index in [2.05, 4.69) is 31.1 Å². The molecular weight excluding hydrogens is 286 g/mol. The Bertz CT molecular complexity index is 528. The van der Waals surface area contributed by atoms with Gasteiger partial charge in [0.15, 0.2) is 5.82 Å². The van der Waals surface area contributed by atoms with Gasteiger partial charge in [-0.2, -0.15) is 0 Å². The van der Waals surface area contributed by atoms with Crippen molar-refractivity contribution in [3.05, 3.63) is 22.7 Å². The lowest BCUT2D eigenvalue weighted by Gasteiger charge is -2.39. The Balaban J connectivity index is 2.23. The minimum absolute atomic E-state index is 0.0473. The second kappa shape index (κ2) is 6.82. The van der Waals surface area contributed by atoms with Gasteiger partial charge in [-0.15, -0.1) is 11.6 Å². The van der Waals surface area contributed by atoms with Gasteiger partial charge >= 0.3 is 0 Å². The lowest BCUT2D eigenvalue weighted by molar-refractivity contribution is 0.278. The van der Waals surface area contributed by atoms with Crippen LogP contribution in [0.2, 0.25) is 0 Å². The molecule has 0 spiro atoms. The summed E-state index contributed by atoms with van der Waals surface area (Å²) in [6.45, 7) is 7.16. The van der Waals surface area contributed by atoms with Crippen LogP contribution in [0.25, 0.3) is 0 Å². The molecule has 4 nitrogen and oxygen atoms in total. The van der Waals surface area contributed by atoms with E-state index in [1.807, 2.05) is 0 Å². The van der Waals surface area contributed by atoms with E-state index in [0.29, 0.717) is 30.1 Å². The van der Waals surface area contributed by atoms with Gasteiger partial charge in [-0.1, -0.05) is 33.6 Å². The molecule has 1 aromatic rings.